The molecule has 0 bridgehead atoms. The van der Waals surface area contributed by atoms with Gasteiger partial charge in [-0.15, -0.1) is 0 Å². The van der Waals surface area contributed by atoms with Gasteiger partial charge in [-0.2, -0.15) is 0 Å². The summed E-state index contributed by atoms with van der Waals surface area (Å²) in [5.74, 6) is 0.0802. The molecule has 2 aromatic carbocycles. The highest BCUT2D eigenvalue weighted by Gasteiger charge is 2.25. The summed E-state index contributed by atoms with van der Waals surface area (Å²) in [4.78, 5) is 25.7. The number of carbonyl (C=O) groups excluding carboxylic acids is 2. The normalized spacial score (nSPS) is 11.6. The van der Waals surface area contributed by atoms with E-state index in [1.807, 2.05) is 67.6 Å². The van der Waals surface area contributed by atoms with Crippen LogP contribution in [0.4, 0.5) is 0 Å². The Labute approximate surface area is 148 Å². The van der Waals surface area contributed by atoms with E-state index in [2.05, 4.69) is 0 Å². The zero-order chi connectivity index (χ0) is 18.1. The second-order valence-corrected chi connectivity index (χ2v) is 5.79. The van der Waals surface area contributed by atoms with Crippen LogP contribution in [0.1, 0.15) is 25.3 Å². The van der Waals surface area contributed by atoms with Crippen molar-refractivity contribution in [1.29, 1.82) is 0 Å². The average molecular weight is 340 g/mol. The first-order valence-electron chi connectivity index (χ1n) is 8.43. The van der Waals surface area contributed by atoms with Crippen LogP contribution in [0.25, 0.3) is 0 Å². The molecule has 1 atom stereocenters. The minimum Gasteiger partial charge on any atom is -0.481 e. The van der Waals surface area contributed by atoms with Crippen molar-refractivity contribution in [2.75, 3.05) is 6.54 Å². The third-order valence-corrected chi connectivity index (χ3v) is 3.82. The molecule has 2 N–H and O–H groups in total. The summed E-state index contributed by atoms with van der Waals surface area (Å²) in [7, 11) is 0. The van der Waals surface area contributed by atoms with Gasteiger partial charge < -0.3 is 15.4 Å². The maximum Gasteiger partial charge on any atom is 0.263 e. The number of hydrogen-bond donors (Lipinski definition) is 1. The highest BCUT2D eigenvalue weighted by atomic mass is 16.5. The van der Waals surface area contributed by atoms with E-state index >= 15 is 0 Å². The van der Waals surface area contributed by atoms with Gasteiger partial charge >= 0.3 is 0 Å². The minimum atomic E-state index is -0.598. The van der Waals surface area contributed by atoms with Gasteiger partial charge in [-0.3, -0.25) is 9.59 Å². The maximum absolute atomic E-state index is 12.9. The fourth-order valence-electron chi connectivity index (χ4n) is 2.49. The molecule has 2 rings (SSSR count). The Morgan fingerprint density at radius 1 is 1.04 bits per heavy atom. The summed E-state index contributed by atoms with van der Waals surface area (Å²) in [6.07, 6.45) is 0.0645. The van der Waals surface area contributed by atoms with E-state index in [4.69, 9.17) is 10.5 Å². The largest absolute Gasteiger partial charge is 0.481 e. The number of primary amides is 1. The van der Waals surface area contributed by atoms with Crippen LogP contribution in [0.3, 0.4) is 0 Å². The average Bonchev–Trinajstić information content (AvgIpc) is 2.64. The van der Waals surface area contributed by atoms with Crippen LogP contribution in [-0.4, -0.2) is 29.4 Å². The third kappa shape index (κ3) is 5.95. The number of para-hydroxylation sites is 1. The van der Waals surface area contributed by atoms with Crippen molar-refractivity contribution in [3.8, 4) is 5.75 Å². The summed E-state index contributed by atoms with van der Waals surface area (Å²) in [5.41, 5.74) is 6.25. The van der Waals surface area contributed by atoms with Crippen LogP contribution in [0, 0.1) is 0 Å². The summed E-state index contributed by atoms with van der Waals surface area (Å²) < 4.78 is 5.84. The number of hydrogen-bond acceptors (Lipinski definition) is 3. The molecule has 5 nitrogen and oxygen atoms in total. The van der Waals surface area contributed by atoms with Gasteiger partial charge in [0, 0.05) is 19.5 Å². The van der Waals surface area contributed by atoms with Gasteiger partial charge in [-0.05, 0) is 24.1 Å². The molecular formula is C20H24N2O3. The van der Waals surface area contributed by atoms with Crippen LogP contribution in [-0.2, 0) is 16.1 Å². The summed E-state index contributed by atoms with van der Waals surface area (Å²) >= 11 is 0. The van der Waals surface area contributed by atoms with Gasteiger partial charge in [0.15, 0.2) is 6.10 Å². The fraction of sp³-hybridized carbons (Fsp3) is 0.300. The Kier molecular flexibility index (Phi) is 7.01. The van der Waals surface area contributed by atoms with E-state index in [1.165, 1.54) is 0 Å². The second-order valence-electron chi connectivity index (χ2n) is 5.79. The lowest BCUT2D eigenvalue weighted by Crippen LogP contribution is -2.42. The second kappa shape index (κ2) is 9.47. The molecule has 5 heteroatoms. The predicted molar refractivity (Wildman–Crippen MR) is 96.8 cm³/mol. The van der Waals surface area contributed by atoms with Crippen LogP contribution in [0.5, 0.6) is 5.75 Å². The number of ether oxygens (including phenoxy) is 1. The fourth-order valence-corrected chi connectivity index (χ4v) is 2.49. The molecule has 0 aliphatic rings. The molecule has 0 spiro atoms. The molecule has 0 saturated heterocycles. The lowest BCUT2D eigenvalue weighted by molar-refractivity contribution is -0.139. The lowest BCUT2D eigenvalue weighted by Gasteiger charge is -2.27. The first-order valence-corrected chi connectivity index (χ1v) is 8.43. The molecule has 132 valence electrons. The Hall–Kier alpha value is -2.82. The van der Waals surface area contributed by atoms with Crippen LogP contribution in [0.2, 0.25) is 0 Å². The molecular weight excluding hydrogens is 316 g/mol. The van der Waals surface area contributed by atoms with Crippen molar-refractivity contribution in [2.24, 2.45) is 5.73 Å². The maximum atomic E-state index is 12.9. The van der Waals surface area contributed by atoms with E-state index in [9.17, 15) is 9.59 Å². The van der Waals surface area contributed by atoms with Crippen LogP contribution >= 0.6 is 0 Å². The third-order valence-electron chi connectivity index (χ3n) is 3.82. The van der Waals surface area contributed by atoms with Gasteiger partial charge in [0.2, 0.25) is 5.91 Å². The smallest absolute Gasteiger partial charge is 0.263 e. The first kappa shape index (κ1) is 18.5. The number of amides is 2. The van der Waals surface area contributed by atoms with Crippen molar-refractivity contribution in [3.63, 3.8) is 0 Å². The number of benzene rings is 2. The Bertz CT molecular complexity index is 674. The topological polar surface area (TPSA) is 72.6 Å². The standard InChI is InChI=1S/C20H24N2O3/c1-2-18(25-17-11-7-4-8-12-17)20(24)22(14-13-19(21)23)15-16-9-5-3-6-10-16/h3-12,18H,2,13-15H2,1H3,(H2,21,23). The van der Waals surface area contributed by atoms with Gasteiger partial charge in [0.25, 0.3) is 5.91 Å². The van der Waals surface area contributed by atoms with Gasteiger partial charge in [0.1, 0.15) is 5.75 Å². The van der Waals surface area contributed by atoms with E-state index in [0.717, 1.165) is 5.56 Å². The first-order chi connectivity index (χ1) is 12.1. The van der Waals surface area contributed by atoms with Gasteiger partial charge in [-0.1, -0.05) is 55.5 Å². The molecule has 2 amide bonds. The zero-order valence-corrected chi connectivity index (χ0v) is 14.4. The van der Waals surface area contributed by atoms with E-state index in [-0.39, 0.29) is 18.9 Å². The SMILES string of the molecule is CCC(Oc1ccccc1)C(=O)N(CCC(N)=O)Cc1ccccc1. The van der Waals surface area contributed by atoms with Crippen molar-refractivity contribution < 1.29 is 14.3 Å². The van der Waals surface area contributed by atoms with Crippen LogP contribution < -0.4 is 10.5 Å². The molecule has 2 aromatic rings. The lowest BCUT2D eigenvalue weighted by atomic mass is 10.1. The predicted octanol–water partition coefficient (Wildman–Crippen LogP) is 2.75. The Morgan fingerprint density at radius 2 is 1.64 bits per heavy atom. The molecule has 0 fully saturated rings. The number of carbonyl (C=O) groups is 2. The van der Waals surface area contributed by atoms with Gasteiger partial charge in [0.05, 0.1) is 0 Å². The minimum absolute atomic E-state index is 0.125. The number of nitrogens with two attached hydrogens (primary N) is 1. The molecule has 0 saturated carbocycles. The molecule has 25 heavy (non-hydrogen) atoms. The van der Waals surface area contributed by atoms with Gasteiger partial charge in [-0.25, -0.2) is 0 Å². The Balaban J connectivity index is 2.12. The highest BCUT2D eigenvalue weighted by Crippen LogP contribution is 2.16. The number of nitrogens with zero attached hydrogens (tertiary/aromatic N) is 1. The number of rotatable bonds is 9. The van der Waals surface area contributed by atoms with E-state index in [1.54, 1.807) is 4.90 Å². The van der Waals surface area contributed by atoms with Crippen molar-refractivity contribution >= 4 is 11.8 Å². The summed E-state index contributed by atoms with van der Waals surface area (Å²) in [6.45, 7) is 2.60. The zero-order valence-electron chi connectivity index (χ0n) is 14.4. The molecule has 0 aliphatic heterocycles. The highest BCUT2D eigenvalue weighted by molar-refractivity contribution is 5.82. The molecule has 0 heterocycles. The van der Waals surface area contributed by atoms with Crippen LogP contribution in [0.15, 0.2) is 60.7 Å². The molecule has 0 aromatic heterocycles. The van der Waals surface area contributed by atoms with Crippen molar-refractivity contribution in [2.45, 2.75) is 32.4 Å². The van der Waals surface area contributed by atoms with E-state index < -0.39 is 12.0 Å². The van der Waals surface area contributed by atoms with Crippen molar-refractivity contribution in [1.82, 2.24) is 4.90 Å². The quantitative estimate of drug-likeness (QED) is 0.763. The van der Waals surface area contributed by atoms with Crippen molar-refractivity contribution in [3.05, 3.63) is 66.2 Å². The summed E-state index contributed by atoms with van der Waals surface area (Å²) in [6, 6.07) is 18.9. The monoisotopic (exact) mass is 340 g/mol. The summed E-state index contributed by atoms with van der Waals surface area (Å²) in [5, 5.41) is 0. The molecule has 1 unspecified atom stereocenters. The van der Waals surface area contributed by atoms with E-state index in [0.29, 0.717) is 18.7 Å². The molecule has 0 aliphatic carbocycles. The Morgan fingerprint density at radius 3 is 2.20 bits per heavy atom. The molecule has 0 radical (unpaired) electrons.